The molecule has 0 spiro atoms. The fourth-order valence-corrected chi connectivity index (χ4v) is 1.66. The summed E-state index contributed by atoms with van der Waals surface area (Å²) in [5, 5.41) is 0. The van der Waals surface area contributed by atoms with Gasteiger partial charge in [-0.2, -0.15) is 0 Å². The van der Waals surface area contributed by atoms with Crippen LogP contribution in [0.15, 0.2) is 18.5 Å². The van der Waals surface area contributed by atoms with Gasteiger partial charge in [-0.1, -0.05) is 0 Å². The summed E-state index contributed by atoms with van der Waals surface area (Å²) in [6.07, 6.45) is 3.27. The van der Waals surface area contributed by atoms with E-state index in [0.717, 1.165) is 5.56 Å². The molecule has 1 aliphatic rings. The number of hydrogen-bond acceptors (Lipinski definition) is 5. The van der Waals surface area contributed by atoms with Gasteiger partial charge in [-0.05, 0) is 11.6 Å². The highest BCUT2D eigenvalue weighted by molar-refractivity contribution is 5.26. The molecule has 88 valence electrons. The zero-order chi connectivity index (χ0) is 11.4. The van der Waals surface area contributed by atoms with Gasteiger partial charge >= 0.3 is 0 Å². The minimum absolute atomic E-state index is 0.109. The highest BCUT2D eigenvalue weighted by atomic mass is 16.6. The lowest BCUT2D eigenvalue weighted by atomic mass is 10.0. The molecule has 5 nitrogen and oxygen atoms in total. The van der Waals surface area contributed by atoms with E-state index in [9.17, 15) is 0 Å². The van der Waals surface area contributed by atoms with E-state index in [1.54, 1.807) is 19.5 Å². The molecule has 16 heavy (non-hydrogen) atoms. The highest BCUT2D eigenvalue weighted by Crippen LogP contribution is 2.21. The third kappa shape index (κ3) is 2.49. The summed E-state index contributed by atoms with van der Waals surface area (Å²) in [6.45, 7) is 1.76. The number of aromatic nitrogens is 1. The van der Waals surface area contributed by atoms with E-state index in [0.29, 0.717) is 25.6 Å². The zero-order valence-corrected chi connectivity index (χ0v) is 9.26. The van der Waals surface area contributed by atoms with Crippen LogP contribution in [0.1, 0.15) is 11.6 Å². The van der Waals surface area contributed by atoms with Crippen LogP contribution in [0.4, 0.5) is 0 Å². The summed E-state index contributed by atoms with van der Waals surface area (Å²) in [6, 6.07) is 1.64. The first-order valence-corrected chi connectivity index (χ1v) is 5.25. The lowest BCUT2D eigenvalue weighted by molar-refractivity contribution is -0.0976. The second kappa shape index (κ2) is 5.25. The number of methoxy groups -OCH3 is 1. The fourth-order valence-electron chi connectivity index (χ4n) is 1.66. The largest absolute Gasteiger partial charge is 0.495 e. The van der Waals surface area contributed by atoms with Gasteiger partial charge in [0.1, 0.15) is 11.9 Å². The van der Waals surface area contributed by atoms with Gasteiger partial charge in [0, 0.05) is 6.20 Å². The van der Waals surface area contributed by atoms with E-state index in [4.69, 9.17) is 19.9 Å². The molecule has 0 radical (unpaired) electrons. The number of pyridine rings is 1. The monoisotopic (exact) mass is 224 g/mol. The van der Waals surface area contributed by atoms with Crippen LogP contribution in [-0.4, -0.2) is 38.0 Å². The number of ether oxygens (including phenoxy) is 3. The van der Waals surface area contributed by atoms with E-state index < -0.39 is 0 Å². The predicted molar refractivity (Wildman–Crippen MR) is 58.3 cm³/mol. The van der Waals surface area contributed by atoms with Crippen LogP contribution in [0.5, 0.6) is 5.75 Å². The second-order valence-electron chi connectivity index (χ2n) is 3.67. The molecule has 2 heterocycles. The first kappa shape index (κ1) is 11.3. The van der Waals surface area contributed by atoms with E-state index in [-0.39, 0.29) is 12.1 Å². The van der Waals surface area contributed by atoms with Gasteiger partial charge < -0.3 is 19.9 Å². The molecule has 5 heteroatoms. The molecule has 2 rings (SSSR count). The third-order valence-corrected chi connectivity index (χ3v) is 2.60. The topological polar surface area (TPSA) is 66.6 Å². The zero-order valence-electron chi connectivity index (χ0n) is 9.26. The van der Waals surface area contributed by atoms with Gasteiger partial charge in [0.25, 0.3) is 0 Å². The van der Waals surface area contributed by atoms with E-state index in [1.807, 2.05) is 6.07 Å². The van der Waals surface area contributed by atoms with E-state index in [2.05, 4.69) is 4.98 Å². The molecule has 0 aromatic carbocycles. The summed E-state index contributed by atoms with van der Waals surface area (Å²) in [5.41, 5.74) is 6.99. The predicted octanol–water partition coefficient (Wildman–Crippen LogP) is 0.505. The molecular weight excluding hydrogens is 208 g/mol. The van der Waals surface area contributed by atoms with Crippen molar-refractivity contribution in [3.05, 3.63) is 24.0 Å². The van der Waals surface area contributed by atoms with Gasteiger partial charge in [-0.15, -0.1) is 0 Å². The molecule has 1 aromatic heterocycles. The van der Waals surface area contributed by atoms with Gasteiger partial charge in [0.15, 0.2) is 0 Å². The normalized spacial score (nSPS) is 22.8. The van der Waals surface area contributed by atoms with Crippen LogP contribution in [0.3, 0.4) is 0 Å². The molecule has 0 saturated carbocycles. The maximum atomic E-state index is 6.09. The molecule has 0 amide bonds. The van der Waals surface area contributed by atoms with Crippen molar-refractivity contribution in [3.63, 3.8) is 0 Å². The maximum absolute atomic E-state index is 6.09. The van der Waals surface area contributed by atoms with Gasteiger partial charge in [0.2, 0.25) is 0 Å². The third-order valence-electron chi connectivity index (χ3n) is 2.60. The van der Waals surface area contributed by atoms with E-state index in [1.165, 1.54) is 0 Å². The lowest BCUT2D eigenvalue weighted by Crippen LogP contribution is -2.37. The molecule has 2 unspecified atom stereocenters. The molecule has 2 N–H and O–H groups in total. The Kier molecular flexibility index (Phi) is 3.71. The summed E-state index contributed by atoms with van der Waals surface area (Å²) in [5.74, 6) is 0.699. The fraction of sp³-hybridized carbons (Fsp3) is 0.545. The van der Waals surface area contributed by atoms with Crippen molar-refractivity contribution in [3.8, 4) is 5.75 Å². The van der Waals surface area contributed by atoms with Crippen LogP contribution < -0.4 is 10.5 Å². The Hall–Kier alpha value is -1.17. The van der Waals surface area contributed by atoms with Crippen molar-refractivity contribution < 1.29 is 14.2 Å². The average molecular weight is 224 g/mol. The number of rotatable bonds is 3. The van der Waals surface area contributed by atoms with Crippen LogP contribution in [0.25, 0.3) is 0 Å². The second-order valence-corrected chi connectivity index (χ2v) is 3.67. The standard InChI is InChI=1S/C11H16N2O3/c1-14-9-4-8(5-13-6-9)11(12)10-7-15-2-3-16-10/h4-6,10-11H,2-3,7,12H2,1H3. The quantitative estimate of drug-likeness (QED) is 0.810. The Labute approximate surface area is 94.5 Å². The maximum Gasteiger partial charge on any atom is 0.137 e. The Morgan fingerprint density at radius 3 is 3.06 bits per heavy atom. The van der Waals surface area contributed by atoms with Crippen LogP contribution in [-0.2, 0) is 9.47 Å². The first-order chi connectivity index (χ1) is 7.81. The summed E-state index contributed by atoms with van der Waals surface area (Å²) in [7, 11) is 1.60. The van der Waals surface area contributed by atoms with E-state index >= 15 is 0 Å². The van der Waals surface area contributed by atoms with Crippen molar-refractivity contribution in [2.45, 2.75) is 12.1 Å². The number of hydrogen-bond donors (Lipinski definition) is 1. The summed E-state index contributed by atoms with van der Waals surface area (Å²) < 4.78 is 16.0. The Bertz CT molecular complexity index is 340. The molecule has 1 aliphatic heterocycles. The smallest absolute Gasteiger partial charge is 0.137 e. The van der Waals surface area contributed by atoms with Gasteiger partial charge in [-0.25, -0.2) is 0 Å². The number of nitrogens with zero attached hydrogens (tertiary/aromatic N) is 1. The van der Waals surface area contributed by atoms with Crippen molar-refractivity contribution in [1.29, 1.82) is 0 Å². The SMILES string of the molecule is COc1cncc(C(N)C2COCCO2)c1. The van der Waals surface area contributed by atoms with Crippen molar-refractivity contribution >= 4 is 0 Å². The molecule has 0 bridgehead atoms. The first-order valence-electron chi connectivity index (χ1n) is 5.25. The summed E-state index contributed by atoms with van der Waals surface area (Å²) >= 11 is 0. The van der Waals surface area contributed by atoms with Crippen molar-refractivity contribution in [1.82, 2.24) is 4.98 Å². The highest BCUT2D eigenvalue weighted by Gasteiger charge is 2.23. The van der Waals surface area contributed by atoms with Crippen LogP contribution in [0, 0.1) is 0 Å². The van der Waals surface area contributed by atoms with Crippen molar-refractivity contribution in [2.75, 3.05) is 26.9 Å². The van der Waals surface area contributed by atoms with Crippen molar-refractivity contribution in [2.24, 2.45) is 5.73 Å². The molecule has 1 aromatic rings. The molecule has 1 saturated heterocycles. The number of nitrogens with two attached hydrogens (primary N) is 1. The lowest BCUT2D eigenvalue weighted by Gasteiger charge is -2.28. The molecule has 2 atom stereocenters. The van der Waals surface area contributed by atoms with Crippen LogP contribution in [0.2, 0.25) is 0 Å². The minimum atomic E-state index is -0.233. The Balaban J connectivity index is 2.09. The molecule has 0 aliphatic carbocycles. The average Bonchev–Trinajstić information content (AvgIpc) is 2.39. The molecule has 1 fully saturated rings. The summed E-state index contributed by atoms with van der Waals surface area (Å²) in [4.78, 5) is 4.07. The Morgan fingerprint density at radius 2 is 2.38 bits per heavy atom. The minimum Gasteiger partial charge on any atom is -0.495 e. The molecular formula is C11H16N2O3. The van der Waals surface area contributed by atoms with Crippen LogP contribution >= 0.6 is 0 Å². The Morgan fingerprint density at radius 1 is 1.50 bits per heavy atom. The van der Waals surface area contributed by atoms with Gasteiger partial charge in [0.05, 0.1) is 39.2 Å². The van der Waals surface area contributed by atoms with Gasteiger partial charge in [-0.3, -0.25) is 4.98 Å².